The molecule has 2 aliphatic heterocycles. The van der Waals surface area contributed by atoms with Crippen LogP contribution >= 0.6 is 0 Å². The second-order valence-corrected chi connectivity index (χ2v) is 7.22. The van der Waals surface area contributed by atoms with Gasteiger partial charge in [-0.1, -0.05) is 24.3 Å². The van der Waals surface area contributed by atoms with Crippen molar-refractivity contribution < 1.29 is 4.79 Å². The fourth-order valence-electron chi connectivity index (χ4n) is 4.90. The molecule has 2 fully saturated rings. The van der Waals surface area contributed by atoms with Crippen LogP contribution in [0.25, 0.3) is 0 Å². The Morgan fingerprint density at radius 3 is 2.64 bits per heavy atom. The molecule has 0 spiro atoms. The molecule has 118 valence electrons. The number of carbonyl (C=O) groups excluding carboxylic acids is 1. The van der Waals surface area contributed by atoms with Crippen LogP contribution in [0.2, 0.25) is 0 Å². The van der Waals surface area contributed by atoms with Crippen molar-refractivity contribution in [3.8, 4) is 0 Å². The molecular weight excluding hydrogens is 272 g/mol. The Labute approximate surface area is 133 Å². The van der Waals surface area contributed by atoms with E-state index in [1.54, 1.807) is 0 Å². The maximum Gasteiger partial charge on any atom is 0.230 e. The molecular formula is C19H26N2O. The summed E-state index contributed by atoms with van der Waals surface area (Å²) in [6.07, 6.45) is 6.97. The first-order chi connectivity index (χ1) is 10.8. The average molecular weight is 298 g/mol. The summed E-state index contributed by atoms with van der Waals surface area (Å²) in [5.41, 5.74) is 2.67. The van der Waals surface area contributed by atoms with Crippen molar-refractivity contribution in [3.63, 3.8) is 0 Å². The Kier molecular flexibility index (Phi) is 3.69. The van der Waals surface area contributed by atoms with Crippen LogP contribution in [-0.2, 0) is 11.2 Å². The van der Waals surface area contributed by atoms with Gasteiger partial charge >= 0.3 is 0 Å². The molecule has 1 aromatic rings. The topological polar surface area (TPSA) is 23.6 Å². The number of aryl methyl sites for hydroxylation is 1. The van der Waals surface area contributed by atoms with Gasteiger partial charge in [0.1, 0.15) is 0 Å². The molecule has 3 heteroatoms. The first-order valence-corrected chi connectivity index (χ1v) is 8.84. The van der Waals surface area contributed by atoms with Crippen LogP contribution < -0.4 is 0 Å². The van der Waals surface area contributed by atoms with Crippen molar-refractivity contribution in [3.05, 3.63) is 35.4 Å². The molecule has 1 aliphatic carbocycles. The predicted octanol–water partition coefficient (Wildman–Crippen LogP) is 2.80. The third-order valence-electron chi connectivity index (χ3n) is 6.03. The number of benzene rings is 1. The molecule has 2 heterocycles. The number of carbonyl (C=O) groups is 1. The minimum absolute atomic E-state index is 0.114. The monoisotopic (exact) mass is 298 g/mol. The fourth-order valence-corrected chi connectivity index (χ4v) is 4.90. The first-order valence-electron chi connectivity index (χ1n) is 8.84. The second-order valence-electron chi connectivity index (χ2n) is 7.22. The van der Waals surface area contributed by atoms with Gasteiger partial charge < -0.3 is 9.80 Å². The second kappa shape index (κ2) is 5.69. The van der Waals surface area contributed by atoms with E-state index in [-0.39, 0.29) is 5.92 Å². The van der Waals surface area contributed by atoms with Gasteiger partial charge in [0.05, 0.1) is 5.92 Å². The quantitative estimate of drug-likeness (QED) is 0.838. The van der Waals surface area contributed by atoms with Crippen LogP contribution in [0.15, 0.2) is 24.3 Å². The summed E-state index contributed by atoms with van der Waals surface area (Å²) in [6, 6.07) is 9.57. The average Bonchev–Trinajstić information content (AvgIpc) is 3.24. The van der Waals surface area contributed by atoms with Gasteiger partial charge in [-0.25, -0.2) is 0 Å². The van der Waals surface area contributed by atoms with Crippen molar-refractivity contribution in [2.45, 2.75) is 56.5 Å². The third kappa shape index (κ3) is 2.26. The van der Waals surface area contributed by atoms with Crippen LogP contribution in [0, 0.1) is 0 Å². The van der Waals surface area contributed by atoms with Crippen molar-refractivity contribution in [1.29, 1.82) is 0 Å². The van der Waals surface area contributed by atoms with E-state index < -0.39 is 0 Å². The van der Waals surface area contributed by atoms with E-state index in [0.717, 1.165) is 19.4 Å². The molecule has 0 N–H and O–H groups in total. The molecule has 0 saturated carbocycles. The highest BCUT2D eigenvalue weighted by Crippen LogP contribution is 2.37. The number of likely N-dealkylation sites (N-methyl/N-ethyl adjacent to an activating group) is 1. The highest BCUT2D eigenvalue weighted by molar-refractivity contribution is 5.85. The summed E-state index contributed by atoms with van der Waals surface area (Å²) >= 11 is 0. The zero-order valence-corrected chi connectivity index (χ0v) is 13.5. The SMILES string of the molecule is CN1CCC[C@@H]1[C@@H]1CCCN1C(=O)[C@@H]1CCc2ccccc21. The Morgan fingerprint density at radius 2 is 1.82 bits per heavy atom. The molecule has 3 atom stereocenters. The van der Waals surface area contributed by atoms with Gasteiger partial charge in [0, 0.05) is 18.6 Å². The maximum atomic E-state index is 13.2. The number of hydrogen-bond donors (Lipinski definition) is 0. The van der Waals surface area contributed by atoms with Gasteiger partial charge in [0.15, 0.2) is 0 Å². The lowest BCUT2D eigenvalue weighted by molar-refractivity contribution is -0.134. The van der Waals surface area contributed by atoms with Crippen LogP contribution in [-0.4, -0.2) is 47.9 Å². The van der Waals surface area contributed by atoms with E-state index in [1.807, 2.05) is 0 Å². The molecule has 3 nitrogen and oxygen atoms in total. The molecule has 2 saturated heterocycles. The number of hydrogen-bond acceptors (Lipinski definition) is 2. The molecule has 0 radical (unpaired) electrons. The van der Waals surface area contributed by atoms with E-state index in [1.165, 1.54) is 43.4 Å². The molecule has 1 amide bonds. The van der Waals surface area contributed by atoms with Crippen LogP contribution in [0.4, 0.5) is 0 Å². The van der Waals surface area contributed by atoms with E-state index >= 15 is 0 Å². The van der Waals surface area contributed by atoms with E-state index in [0.29, 0.717) is 18.0 Å². The Bertz CT molecular complexity index is 570. The molecule has 4 rings (SSSR count). The summed E-state index contributed by atoms with van der Waals surface area (Å²) in [4.78, 5) is 17.9. The molecule has 0 unspecified atom stereocenters. The minimum Gasteiger partial charge on any atom is -0.338 e. The molecule has 22 heavy (non-hydrogen) atoms. The maximum absolute atomic E-state index is 13.2. The van der Waals surface area contributed by atoms with E-state index in [4.69, 9.17) is 0 Å². The zero-order valence-electron chi connectivity index (χ0n) is 13.5. The Hall–Kier alpha value is -1.35. The lowest BCUT2D eigenvalue weighted by atomic mass is 9.97. The van der Waals surface area contributed by atoms with Gasteiger partial charge in [0.2, 0.25) is 5.91 Å². The van der Waals surface area contributed by atoms with Gasteiger partial charge in [-0.05, 0) is 63.2 Å². The summed E-state index contributed by atoms with van der Waals surface area (Å²) in [5.74, 6) is 0.510. The summed E-state index contributed by atoms with van der Waals surface area (Å²) in [7, 11) is 2.23. The van der Waals surface area contributed by atoms with E-state index in [2.05, 4.69) is 41.1 Å². The largest absolute Gasteiger partial charge is 0.338 e. The number of likely N-dealkylation sites (tertiary alicyclic amines) is 2. The van der Waals surface area contributed by atoms with Gasteiger partial charge in [-0.15, -0.1) is 0 Å². The van der Waals surface area contributed by atoms with Crippen molar-refractivity contribution in [2.24, 2.45) is 0 Å². The number of nitrogens with zero attached hydrogens (tertiary/aromatic N) is 2. The summed E-state index contributed by atoms with van der Waals surface area (Å²) in [5, 5.41) is 0. The number of fused-ring (bicyclic) bond motifs is 1. The molecule has 3 aliphatic rings. The highest BCUT2D eigenvalue weighted by Gasteiger charge is 2.41. The van der Waals surface area contributed by atoms with Crippen LogP contribution in [0.5, 0.6) is 0 Å². The minimum atomic E-state index is 0.114. The van der Waals surface area contributed by atoms with Crippen molar-refractivity contribution in [2.75, 3.05) is 20.1 Å². The number of rotatable bonds is 2. The van der Waals surface area contributed by atoms with E-state index in [9.17, 15) is 4.79 Å². The third-order valence-corrected chi connectivity index (χ3v) is 6.03. The van der Waals surface area contributed by atoms with Gasteiger partial charge in [-0.3, -0.25) is 4.79 Å². The fraction of sp³-hybridized carbons (Fsp3) is 0.632. The molecule has 1 aromatic carbocycles. The molecule has 0 aromatic heterocycles. The van der Waals surface area contributed by atoms with Crippen LogP contribution in [0.3, 0.4) is 0 Å². The zero-order chi connectivity index (χ0) is 15.1. The Balaban J connectivity index is 1.55. The summed E-state index contributed by atoms with van der Waals surface area (Å²) in [6.45, 7) is 2.15. The van der Waals surface area contributed by atoms with Crippen molar-refractivity contribution >= 4 is 5.91 Å². The van der Waals surface area contributed by atoms with Gasteiger partial charge in [0.25, 0.3) is 0 Å². The van der Waals surface area contributed by atoms with Crippen molar-refractivity contribution in [1.82, 2.24) is 9.80 Å². The molecule has 0 bridgehead atoms. The summed E-state index contributed by atoms with van der Waals surface area (Å²) < 4.78 is 0. The lowest BCUT2D eigenvalue weighted by Gasteiger charge is -2.34. The highest BCUT2D eigenvalue weighted by atomic mass is 16.2. The van der Waals surface area contributed by atoms with Crippen LogP contribution in [0.1, 0.15) is 49.1 Å². The first kappa shape index (κ1) is 14.3. The smallest absolute Gasteiger partial charge is 0.230 e. The normalized spacial score (nSPS) is 31.7. The number of amides is 1. The van der Waals surface area contributed by atoms with Gasteiger partial charge in [-0.2, -0.15) is 0 Å². The standard InChI is InChI=1S/C19H26N2O/c1-20-12-4-8-17(20)18-9-5-13-21(18)19(22)16-11-10-14-6-2-3-7-15(14)16/h2-3,6-7,16-18H,4-5,8-13H2,1H3/t16-,17-,18+/m1/s1. The lowest BCUT2D eigenvalue weighted by Crippen LogP contribution is -2.48. The Morgan fingerprint density at radius 1 is 1.05 bits per heavy atom. The predicted molar refractivity (Wildman–Crippen MR) is 87.9 cm³/mol.